The Hall–Kier alpha value is -0.120. The summed E-state index contributed by atoms with van der Waals surface area (Å²) >= 11 is 0. The zero-order chi connectivity index (χ0) is 12.8. The maximum atomic E-state index is 3.65. The van der Waals surface area contributed by atoms with Crippen LogP contribution < -0.4 is 5.32 Å². The van der Waals surface area contributed by atoms with Crippen LogP contribution in [0.15, 0.2) is 0 Å². The van der Waals surface area contributed by atoms with Crippen LogP contribution in [0, 0.1) is 0 Å². The Kier molecular flexibility index (Phi) is 5.93. The van der Waals surface area contributed by atoms with Crippen molar-refractivity contribution < 1.29 is 0 Å². The normalized spacial score (nSPS) is 30.2. The van der Waals surface area contributed by atoms with Gasteiger partial charge in [0.25, 0.3) is 0 Å². The van der Waals surface area contributed by atoms with Gasteiger partial charge in [-0.05, 0) is 72.3 Å². The summed E-state index contributed by atoms with van der Waals surface area (Å²) in [6, 6.07) is 1.61. The van der Waals surface area contributed by atoms with Crippen LogP contribution >= 0.6 is 0 Å². The fourth-order valence-electron chi connectivity index (χ4n) is 3.44. The first-order chi connectivity index (χ1) is 8.75. The summed E-state index contributed by atoms with van der Waals surface area (Å²) in [5, 5.41) is 3.65. The van der Waals surface area contributed by atoms with Crippen molar-refractivity contribution in [2.45, 2.75) is 57.0 Å². The van der Waals surface area contributed by atoms with E-state index in [1.807, 2.05) is 0 Å². The van der Waals surface area contributed by atoms with Crippen molar-refractivity contribution in [2.75, 3.05) is 40.3 Å². The van der Waals surface area contributed by atoms with Gasteiger partial charge in [0, 0.05) is 18.6 Å². The van der Waals surface area contributed by atoms with Gasteiger partial charge in [-0.3, -0.25) is 0 Å². The minimum absolute atomic E-state index is 0.807. The zero-order valence-electron chi connectivity index (χ0n) is 12.3. The SMILES string of the molecule is CN(CCCC1CCCCN1)CC1CCCN1C. The molecule has 0 aromatic carbocycles. The molecule has 0 aromatic rings. The first kappa shape index (κ1) is 14.3. The van der Waals surface area contributed by atoms with Crippen LogP contribution in [0.4, 0.5) is 0 Å². The summed E-state index contributed by atoms with van der Waals surface area (Å²) in [5.41, 5.74) is 0. The Morgan fingerprint density at radius 2 is 2.11 bits per heavy atom. The molecule has 0 aromatic heterocycles. The summed E-state index contributed by atoms with van der Waals surface area (Å²) in [7, 11) is 4.57. The van der Waals surface area contributed by atoms with Crippen molar-refractivity contribution in [2.24, 2.45) is 0 Å². The lowest BCUT2D eigenvalue weighted by atomic mass is 10.0. The summed E-state index contributed by atoms with van der Waals surface area (Å²) in [6.07, 6.45) is 9.71. The molecule has 2 aliphatic rings. The minimum Gasteiger partial charge on any atom is -0.314 e. The fraction of sp³-hybridized carbons (Fsp3) is 1.00. The Balaban J connectivity index is 1.55. The number of likely N-dealkylation sites (tertiary alicyclic amines) is 1. The van der Waals surface area contributed by atoms with E-state index in [-0.39, 0.29) is 0 Å². The third-order valence-corrected chi connectivity index (χ3v) is 4.70. The molecule has 2 atom stereocenters. The van der Waals surface area contributed by atoms with Gasteiger partial charge >= 0.3 is 0 Å². The van der Waals surface area contributed by atoms with Crippen LogP contribution in [0.3, 0.4) is 0 Å². The van der Waals surface area contributed by atoms with E-state index in [2.05, 4.69) is 29.2 Å². The monoisotopic (exact) mass is 253 g/mol. The minimum atomic E-state index is 0.807. The molecule has 2 fully saturated rings. The first-order valence-corrected chi connectivity index (χ1v) is 7.88. The number of hydrogen-bond acceptors (Lipinski definition) is 3. The van der Waals surface area contributed by atoms with Gasteiger partial charge in [0.2, 0.25) is 0 Å². The maximum Gasteiger partial charge on any atom is 0.0220 e. The second-order valence-electron chi connectivity index (χ2n) is 6.33. The highest BCUT2D eigenvalue weighted by Gasteiger charge is 2.21. The molecule has 18 heavy (non-hydrogen) atoms. The van der Waals surface area contributed by atoms with Crippen LogP contribution in [0.5, 0.6) is 0 Å². The average Bonchev–Trinajstić information content (AvgIpc) is 2.76. The second kappa shape index (κ2) is 7.46. The molecule has 106 valence electrons. The summed E-state index contributed by atoms with van der Waals surface area (Å²) in [6.45, 7) is 5.06. The smallest absolute Gasteiger partial charge is 0.0220 e. The van der Waals surface area contributed by atoms with E-state index in [1.165, 1.54) is 71.1 Å². The molecule has 2 saturated heterocycles. The molecule has 0 bridgehead atoms. The summed E-state index contributed by atoms with van der Waals surface area (Å²) < 4.78 is 0. The van der Waals surface area contributed by atoms with Gasteiger partial charge in [0.1, 0.15) is 0 Å². The lowest BCUT2D eigenvalue weighted by Crippen LogP contribution is -2.38. The Bertz CT molecular complexity index is 226. The van der Waals surface area contributed by atoms with E-state index in [0.29, 0.717) is 0 Å². The van der Waals surface area contributed by atoms with Gasteiger partial charge in [0.15, 0.2) is 0 Å². The molecular weight excluding hydrogens is 222 g/mol. The molecule has 1 N–H and O–H groups in total. The molecule has 0 radical (unpaired) electrons. The van der Waals surface area contributed by atoms with Crippen molar-refractivity contribution in [1.29, 1.82) is 0 Å². The Labute approximate surface area is 113 Å². The lowest BCUT2D eigenvalue weighted by molar-refractivity contribution is 0.214. The van der Waals surface area contributed by atoms with Crippen LogP contribution in [-0.4, -0.2) is 62.2 Å². The van der Waals surface area contributed by atoms with Gasteiger partial charge in [-0.15, -0.1) is 0 Å². The third-order valence-electron chi connectivity index (χ3n) is 4.70. The summed E-state index contributed by atoms with van der Waals surface area (Å²) in [5.74, 6) is 0. The van der Waals surface area contributed by atoms with Crippen molar-refractivity contribution in [3.8, 4) is 0 Å². The van der Waals surface area contributed by atoms with Crippen molar-refractivity contribution in [3.63, 3.8) is 0 Å². The lowest BCUT2D eigenvalue weighted by Gasteiger charge is -2.27. The topological polar surface area (TPSA) is 18.5 Å². The van der Waals surface area contributed by atoms with E-state index in [4.69, 9.17) is 0 Å². The largest absolute Gasteiger partial charge is 0.314 e. The highest BCUT2D eigenvalue weighted by molar-refractivity contribution is 4.79. The molecule has 3 heteroatoms. The zero-order valence-corrected chi connectivity index (χ0v) is 12.3. The van der Waals surface area contributed by atoms with Crippen LogP contribution in [0.2, 0.25) is 0 Å². The standard InChI is InChI=1S/C15H31N3/c1-17(13-15-9-6-12-18(15)2)11-5-8-14-7-3-4-10-16-14/h14-16H,3-13H2,1-2H3. The molecule has 2 unspecified atom stereocenters. The molecule has 2 aliphatic heterocycles. The Morgan fingerprint density at radius 3 is 2.78 bits per heavy atom. The number of nitrogens with zero attached hydrogens (tertiary/aromatic N) is 2. The predicted molar refractivity (Wildman–Crippen MR) is 78.0 cm³/mol. The van der Waals surface area contributed by atoms with Gasteiger partial charge in [-0.25, -0.2) is 0 Å². The van der Waals surface area contributed by atoms with E-state index < -0.39 is 0 Å². The van der Waals surface area contributed by atoms with Crippen molar-refractivity contribution >= 4 is 0 Å². The van der Waals surface area contributed by atoms with E-state index in [9.17, 15) is 0 Å². The predicted octanol–water partition coefficient (Wildman–Crippen LogP) is 1.93. The van der Waals surface area contributed by atoms with Crippen molar-refractivity contribution in [3.05, 3.63) is 0 Å². The maximum absolute atomic E-state index is 3.65. The molecule has 0 saturated carbocycles. The van der Waals surface area contributed by atoms with E-state index in [1.54, 1.807) is 0 Å². The van der Waals surface area contributed by atoms with Crippen LogP contribution in [0.1, 0.15) is 44.9 Å². The summed E-state index contributed by atoms with van der Waals surface area (Å²) in [4.78, 5) is 5.06. The third kappa shape index (κ3) is 4.52. The molecule has 2 heterocycles. The molecule has 3 nitrogen and oxygen atoms in total. The average molecular weight is 253 g/mol. The Morgan fingerprint density at radius 1 is 1.22 bits per heavy atom. The van der Waals surface area contributed by atoms with E-state index >= 15 is 0 Å². The van der Waals surface area contributed by atoms with Gasteiger partial charge in [-0.1, -0.05) is 6.42 Å². The quantitative estimate of drug-likeness (QED) is 0.780. The fourth-order valence-corrected chi connectivity index (χ4v) is 3.44. The molecule has 0 aliphatic carbocycles. The van der Waals surface area contributed by atoms with Crippen LogP contribution in [0.25, 0.3) is 0 Å². The molecule has 0 spiro atoms. The molecule has 0 amide bonds. The molecular formula is C15H31N3. The highest BCUT2D eigenvalue weighted by atomic mass is 15.2. The molecule has 2 rings (SSSR count). The second-order valence-corrected chi connectivity index (χ2v) is 6.33. The van der Waals surface area contributed by atoms with Crippen LogP contribution in [-0.2, 0) is 0 Å². The highest BCUT2D eigenvalue weighted by Crippen LogP contribution is 2.16. The number of likely N-dealkylation sites (N-methyl/N-ethyl adjacent to an activating group) is 2. The van der Waals surface area contributed by atoms with Gasteiger partial charge < -0.3 is 15.1 Å². The van der Waals surface area contributed by atoms with Gasteiger partial charge in [-0.2, -0.15) is 0 Å². The van der Waals surface area contributed by atoms with Gasteiger partial charge in [0.05, 0.1) is 0 Å². The number of piperidine rings is 1. The van der Waals surface area contributed by atoms with E-state index in [0.717, 1.165) is 12.1 Å². The van der Waals surface area contributed by atoms with Crippen molar-refractivity contribution in [1.82, 2.24) is 15.1 Å². The number of nitrogens with one attached hydrogen (secondary N) is 1. The number of hydrogen-bond donors (Lipinski definition) is 1. The first-order valence-electron chi connectivity index (χ1n) is 7.88. The number of rotatable bonds is 6.